The Balaban J connectivity index is 2.41. The van der Waals surface area contributed by atoms with Crippen molar-refractivity contribution in [2.45, 2.75) is 18.9 Å². The minimum absolute atomic E-state index is 0.194. The third kappa shape index (κ3) is 1.77. The Kier molecular flexibility index (Phi) is 2.19. The molecule has 0 aromatic carbocycles. The highest BCUT2D eigenvalue weighted by molar-refractivity contribution is 5.84. The Labute approximate surface area is 54.6 Å². The van der Waals surface area contributed by atoms with E-state index < -0.39 is 0 Å². The fourth-order valence-electron chi connectivity index (χ4n) is 0.944. The summed E-state index contributed by atoms with van der Waals surface area (Å²) in [6.07, 6.45) is 1.58. The molecular weight excluding hydrogens is 116 g/mol. The number of carbonyl (C=O) groups is 1. The van der Waals surface area contributed by atoms with E-state index in [2.05, 4.69) is 5.32 Å². The van der Waals surface area contributed by atoms with Crippen molar-refractivity contribution in [3.63, 3.8) is 0 Å². The van der Waals surface area contributed by atoms with Crippen LogP contribution in [0.5, 0.6) is 0 Å². The predicted octanol–water partition coefficient (Wildman–Crippen LogP) is -0.734. The molecular formula is C6H12N2O. The van der Waals surface area contributed by atoms with Crippen LogP contribution >= 0.6 is 0 Å². The minimum Gasteiger partial charge on any atom is -0.320 e. The van der Waals surface area contributed by atoms with Crippen molar-refractivity contribution in [3.05, 3.63) is 0 Å². The summed E-state index contributed by atoms with van der Waals surface area (Å²) >= 11 is 0. The molecule has 1 fully saturated rings. The Hall–Kier alpha value is -0.410. The first-order valence-corrected chi connectivity index (χ1v) is 3.30. The molecule has 3 N–H and O–H groups in total. The number of hydrogen-bond donors (Lipinski definition) is 2. The number of nitrogens with one attached hydrogen (secondary N) is 1. The first-order chi connectivity index (χ1) is 4.30. The van der Waals surface area contributed by atoms with Gasteiger partial charge in [-0.3, -0.25) is 4.79 Å². The molecule has 9 heavy (non-hydrogen) atoms. The van der Waals surface area contributed by atoms with Crippen LogP contribution in [0.4, 0.5) is 0 Å². The van der Waals surface area contributed by atoms with Gasteiger partial charge in [0.25, 0.3) is 0 Å². The molecule has 0 spiro atoms. The van der Waals surface area contributed by atoms with Crippen LogP contribution in [0.15, 0.2) is 0 Å². The van der Waals surface area contributed by atoms with E-state index in [1.165, 1.54) is 0 Å². The second kappa shape index (κ2) is 2.94. The summed E-state index contributed by atoms with van der Waals surface area (Å²) in [5, 5.41) is 3.08. The highest BCUT2D eigenvalue weighted by atomic mass is 16.1. The molecule has 1 unspecified atom stereocenters. The molecule has 1 rings (SSSR count). The molecule has 1 aliphatic heterocycles. The Morgan fingerprint density at radius 1 is 1.67 bits per heavy atom. The molecule has 0 aromatic heterocycles. The lowest BCUT2D eigenvalue weighted by molar-refractivity contribution is -0.119. The van der Waals surface area contributed by atoms with Gasteiger partial charge in [-0.25, -0.2) is 0 Å². The van der Waals surface area contributed by atoms with Crippen LogP contribution in [0.1, 0.15) is 12.8 Å². The fourth-order valence-corrected chi connectivity index (χ4v) is 0.944. The molecule has 1 aliphatic rings. The van der Waals surface area contributed by atoms with Crippen LogP contribution in [0, 0.1) is 0 Å². The lowest BCUT2D eigenvalue weighted by atomic mass is 10.1. The standard InChI is InChI=1S/C6H12N2O/c7-5-4-8-3-1-2-6(5)9/h5,8H,1-4,7H2. The van der Waals surface area contributed by atoms with Gasteiger partial charge in [0.05, 0.1) is 6.04 Å². The van der Waals surface area contributed by atoms with Crippen molar-refractivity contribution in [1.29, 1.82) is 0 Å². The largest absolute Gasteiger partial charge is 0.320 e. The zero-order chi connectivity index (χ0) is 6.69. The van der Waals surface area contributed by atoms with Crippen molar-refractivity contribution in [1.82, 2.24) is 5.32 Å². The molecule has 0 saturated carbocycles. The van der Waals surface area contributed by atoms with Crippen molar-refractivity contribution >= 4 is 5.78 Å². The Morgan fingerprint density at radius 3 is 3.22 bits per heavy atom. The first-order valence-electron chi connectivity index (χ1n) is 3.30. The molecule has 0 bridgehead atoms. The lowest BCUT2D eigenvalue weighted by Gasteiger charge is -2.03. The lowest BCUT2D eigenvalue weighted by Crippen LogP contribution is -2.37. The zero-order valence-electron chi connectivity index (χ0n) is 5.39. The molecule has 3 nitrogen and oxygen atoms in total. The van der Waals surface area contributed by atoms with E-state index in [0.717, 1.165) is 13.0 Å². The average Bonchev–Trinajstić information content (AvgIpc) is 1.99. The monoisotopic (exact) mass is 128 g/mol. The van der Waals surface area contributed by atoms with E-state index in [0.29, 0.717) is 13.0 Å². The summed E-state index contributed by atoms with van der Waals surface area (Å²) in [6.45, 7) is 1.58. The van der Waals surface area contributed by atoms with E-state index in [9.17, 15) is 4.79 Å². The Morgan fingerprint density at radius 2 is 2.44 bits per heavy atom. The van der Waals surface area contributed by atoms with Gasteiger partial charge in [0.15, 0.2) is 5.78 Å². The van der Waals surface area contributed by atoms with E-state index in [1.807, 2.05) is 0 Å². The summed E-state index contributed by atoms with van der Waals surface area (Å²) < 4.78 is 0. The highest BCUT2D eigenvalue weighted by Crippen LogP contribution is 1.96. The van der Waals surface area contributed by atoms with Crippen LogP contribution < -0.4 is 11.1 Å². The summed E-state index contributed by atoms with van der Waals surface area (Å²) in [5.41, 5.74) is 5.47. The van der Waals surface area contributed by atoms with E-state index >= 15 is 0 Å². The van der Waals surface area contributed by atoms with Crippen LogP contribution in [0.2, 0.25) is 0 Å². The normalized spacial score (nSPS) is 29.9. The summed E-state index contributed by atoms with van der Waals surface area (Å²) in [7, 11) is 0. The first kappa shape index (κ1) is 6.71. The summed E-state index contributed by atoms with van der Waals surface area (Å²) in [6, 6.07) is -0.257. The van der Waals surface area contributed by atoms with Gasteiger partial charge in [-0.15, -0.1) is 0 Å². The molecule has 0 radical (unpaired) electrons. The molecule has 52 valence electrons. The molecule has 3 heteroatoms. The second-order valence-corrected chi connectivity index (χ2v) is 2.38. The Bertz CT molecular complexity index is 114. The number of carbonyl (C=O) groups excluding carboxylic acids is 1. The van der Waals surface area contributed by atoms with Gasteiger partial charge >= 0.3 is 0 Å². The molecule has 1 atom stereocenters. The van der Waals surface area contributed by atoms with Gasteiger partial charge in [-0.1, -0.05) is 0 Å². The van der Waals surface area contributed by atoms with Gasteiger partial charge in [-0.05, 0) is 13.0 Å². The van der Waals surface area contributed by atoms with Crippen molar-refractivity contribution in [2.75, 3.05) is 13.1 Å². The van der Waals surface area contributed by atoms with Gasteiger partial charge in [0, 0.05) is 13.0 Å². The SMILES string of the molecule is NC1CNCCCC1=O. The third-order valence-electron chi connectivity index (χ3n) is 1.55. The fraction of sp³-hybridized carbons (Fsp3) is 0.833. The van der Waals surface area contributed by atoms with E-state index in [1.54, 1.807) is 0 Å². The maximum Gasteiger partial charge on any atom is 0.150 e. The summed E-state index contributed by atoms with van der Waals surface area (Å²) in [5.74, 6) is 0.194. The molecule has 0 amide bonds. The molecule has 0 aromatic rings. The van der Waals surface area contributed by atoms with Crippen LogP contribution in [-0.4, -0.2) is 24.9 Å². The second-order valence-electron chi connectivity index (χ2n) is 2.38. The van der Waals surface area contributed by atoms with Gasteiger partial charge in [0.2, 0.25) is 0 Å². The number of rotatable bonds is 0. The van der Waals surface area contributed by atoms with Crippen molar-refractivity contribution in [2.24, 2.45) is 5.73 Å². The molecule has 1 saturated heterocycles. The number of hydrogen-bond acceptors (Lipinski definition) is 3. The van der Waals surface area contributed by atoms with Gasteiger partial charge in [0.1, 0.15) is 0 Å². The van der Waals surface area contributed by atoms with E-state index in [-0.39, 0.29) is 11.8 Å². The molecule has 0 aliphatic carbocycles. The van der Waals surface area contributed by atoms with Gasteiger partial charge in [-0.2, -0.15) is 0 Å². The number of nitrogens with two attached hydrogens (primary N) is 1. The smallest absolute Gasteiger partial charge is 0.150 e. The van der Waals surface area contributed by atoms with Crippen molar-refractivity contribution < 1.29 is 4.79 Å². The topological polar surface area (TPSA) is 55.1 Å². The van der Waals surface area contributed by atoms with Gasteiger partial charge < -0.3 is 11.1 Å². The summed E-state index contributed by atoms with van der Waals surface area (Å²) in [4.78, 5) is 10.8. The number of ketones is 1. The van der Waals surface area contributed by atoms with Crippen LogP contribution in [-0.2, 0) is 4.79 Å². The predicted molar refractivity (Wildman–Crippen MR) is 35.1 cm³/mol. The average molecular weight is 128 g/mol. The maximum absolute atomic E-state index is 10.8. The van der Waals surface area contributed by atoms with Crippen molar-refractivity contribution in [3.8, 4) is 0 Å². The number of Topliss-reactive ketones (excluding diaryl/α,β-unsaturated/α-hetero) is 1. The third-order valence-corrected chi connectivity index (χ3v) is 1.55. The quantitative estimate of drug-likeness (QED) is 0.452. The minimum atomic E-state index is -0.257. The van der Waals surface area contributed by atoms with E-state index in [4.69, 9.17) is 5.73 Å². The molecule has 1 heterocycles. The zero-order valence-corrected chi connectivity index (χ0v) is 5.39. The highest BCUT2D eigenvalue weighted by Gasteiger charge is 2.14. The van der Waals surface area contributed by atoms with Crippen LogP contribution in [0.3, 0.4) is 0 Å². The maximum atomic E-state index is 10.8. The van der Waals surface area contributed by atoms with Crippen LogP contribution in [0.25, 0.3) is 0 Å².